The summed E-state index contributed by atoms with van der Waals surface area (Å²) in [5.74, 6) is 0.383. The number of rotatable bonds is 8. The fourth-order valence-corrected chi connectivity index (χ4v) is 5.68. The maximum atomic E-state index is 13.4. The van der Waals surface area contributed by atoms with Crippen LogP contribution < -0.4 is 16.6 Å². The number of amides is 1. The molecule has 4 rings (SSSR count). The lowest BCUT2D eigenvalue weighted by Gasteiger charge is -2.28. The van der Waals surface area contributed by atoms with E-state index in [-0.39, 0.29) is 29.0 Å². The van der Waals surface area contributed by atoms with Gasteiger partial charge in [0, 0.05) is 24.0 Å². The second kappa shape index (κ2) is 10.7. The van der Waals surface area contributed by atoms with E-state index < -0.39 is 0 Å². The van der Waals surface area contributed by atoms with Crippen LogP contribution in [-0.2, 0) is 17.9 Å². The average Bonchev–Trinajstić information content (AvgIpc) is 3.31. The van der Waals surface area contributed by atoms with Gasteiger partial charge in [0.1, 0.15) is 4.70 Å². The van der Waals surface area contributed by atoms with Crippen molar-refractivity contribution in [2.45, 2.75) is 58.5 Å². The lowest BCUT2D eigenvalue weighted by molar-refractivity contribution is -0.126. The summed E-state index contributed by atoms with van der Waals surface area (Å²) in [4.78, 5) is 39.0. The maximum Gasteiger partial charge on any atom is 0.331 e. The zero-order valence-electron chi connectivity index (χ0n) is 18.9. The van der Waals surface area contributed by atoms with Gasteiger partial charge in [0.15, 0.2) is 0 Å². The standard InChI is InChI=1S/C25H30ClN3O3S/c1-2-3-13-27-23(30)18-10-8-17(9-11-18)15-29-24(31)22-21(12-14-33-22)28(25(29)32)16-19-6-4-5-7-20(19)26/h4-7,12,14,17-18H,2-3,8-11,13,15-16H2,1H3,(H,27,30). The normalized spacial score (nSPS) is 18.5. The van der Waals surface area contributed by atoms with Gasteiger partial charge in [-0.25, -0.2) is 4.79 Å². The van der Waals surface area contributed by atoms with Gasteiger partial charge in [-0.05, 0) is 61.1 Å². The van der Waals surface area contributed by atoms with Crippen LogP contribution in [0.5, 0.6) is 0 Å². The summed E-state index contributed by atoms with van der Waals surface area (Å²) in [5, 5.41) is 5.48. The number of fused-ring (bicyclic) bond motifs is 1. The number of carbonyl (C=O) groups excluding carboxylic acids is 1. The number of nitrogens with one attached hydrogen (secondary N) is 1. The molecule has 0 saturated heterocycles. The van der Waals surface area contributed by atoms with Gasteiger partial charge in [-0.1, -0.05) is 43.1 Å². The van der Waals surface area contributed by atoms with Gasteiger partial charge in [0.2, 0.25) is 5.91 Å². The van der Waals surface area contributed by atoms with Crippen LogP contribution in [0.4, 0.5) is 0 Å². The minimum Gasteiger partial charge on any atom is -0.356 e. The minimum atomic E-state index is -0.301. The van der Waals surface area contributed by atoms with E-state index in [0.29, 0.717) is 28.3 Å². The van der Waals surface area contributed by atoms with Crippen molar-refractivity contribution in [2.75, 3.05) is 6.54 Å². The van der Waals surface area contributed by atoms with Crippen molar-refractivity contribution in [1.29, 1.82) is 0 Å². The van der Waals surface area contributed by atoms with Gasteiger partial charge < -0.3 is 5.32 Å². The van der Waals surface area contributed by atoms with Gasteiger partial charge in [-0.15, -0.1) is 11.3 Å². The molecule has 6 nitrogen and oxygen atoms in total. The minimum absolute atomic E-state index is 0.0338. The monoisotopic (exact) mass is 487 g/mol. The highest BCUT2D eigenvalue weighted by Gasteiger charge is 2.27. The Morgan fingerprint density at radius 1 is 1.12 bits per heavy atom. The molecule has 33 heavy (non-hydrogen) atoms. The van der Waals surface area contributed by atoms with Crippen molar-refractivity contribution in [3.63, 3.8) is 0 Å². The second-order valence-corrected chi connectivity index (χ2v) is 10.2. The molecular formula is C25H30ClN3O3S. The lowest BCUT2D eigenvalue weighted by atomic mass is 9.81. The van der Waals surface area contributed by atoms with Crippen LogP contribution in [0.3, 0.4) is 0 Å². The number of hydrogen-bond donors (Lipinski definition) is 1. The van der Waals surface area contributed by atoms with E-state index in [1.165, 1.54) is 15.9 Å². The van der Waals surface area contributed by atoms with E-state index in [1.54, 1.807) is 10.6 Å². The first kappa shape index (κ1) is 23.8. The number of thiophene rings is 1. The summed E-state index contributed by atoms with van der Waals surface area (Å²) in [7, 11) is 0. The maximum absolute atomic E-state index is 13.4. The van der Waals surface area contributed by atoms with Crippen LogP contribution in [0.15, 0.2) is 45.3 Å². The first-order valence-corrected chi connectivity index (χ1v) is 13.0. The fraction of sp³-hybridized carbons (Fsp3) is 0.480. The predicted molar refractivity (Wildman–Crippen MR) is 134 cm³/mol. The molecular weight excluding hydrogens is 458 g/mol. The van der Waals surface area contributed by atoms with Gasteiger partial charge in [0.25, 0.3) is 5.56 Å². The number of halogens is 1. The molecule has 0 bridgehead atoms. The topological polar surface area (TPSA) is 73.1 Å². The Balaban J connectivity index is 1.53. The molecule has 8 heteroatoms. The van der Waals surface area contributed by atoms with Crippen molar-refractivity contribution >= 4 is 39.1 Å². The third-order valence-electron chi connectivity index (χ3n) is 6.61. The highest BCUT2D eigenvalue weighted by molar-refractivity contribution is 7.17. The van der Waals surface area contributed by atoms with Crippen LogP contribution in [0.2, 0.25) is 5.02 Å². The zero-order valence-corrected chi connectivity index (χ0v) is 20.5. The predicted octanol–water partition coefficient (Wildman–Crippen LogP) is 4.65. The van der Waals surface area contributed by atoms with E-state index >= 15 is 0 Å². The summed E-state index contributed by atoms with van der Waals surface area (Å²) in [6.45, 7) is 3.54. The highest BCUT2D eigenvalue weighted by Crippen LogP contribution is 2.30. The Hall–Kier alpha value is -2.38. The van der Waals surface area contributed by atoms with E-state index in [2.05, 4.69) is 12.2 Å². The lowest BCUT2D eigenvalue weighted by Crippen LogP contribution is -2.42. The third kappa shape index (κ3) is 5.25. The van der Waals surface area contributed by atoms with Crippen molar-refractivity contribution < 1.29 is 4.79 Å². The number of unbranched alkanes of at least 4 members (excludes halogenated alkanes) is 1. The Bertz CT molecular complexity index is 1240. The number of aromatic nitrogens is 2. The van der Waals surface area contributed by atoms with E-state index in [0.717, 1.165) is 50.6 Å². The number of benzene rings is 1. The molecule has 3 aromatic rings. The summed E-state index contributed by atoms with van der Waals surface area (Å²) in [5.41, 5.74) is 0.970. The van der Waals surface area contributed by atoms with E-state index in [1.807, 2.05) is 29.6 Å². The van der Waals surface area contributed by atoms with Crippen molar-refractivity contribution in [3.8, 4) is 0 Å². The Morgan fingerprint density at radius 2 is 1.88 bits per heavy atom. The fourth-order valence-electron chi connectivity index (χ4n) is 4.64. The first-order valence-electron chi connectivity index (χ1n) is 11.7. The molecule has 0 unspecified atom stereocenters. The van der Waals surface area contributed by atoms with Gasteiger partial charge in [0.05, 0.1) is 12.1 Å². The van der Waals surface area contributed by atoms with Crippen molar-refractivity contribution in [1.82, 2.24) is 14.5 Å². The van der Waals surface area contributed by atoms with Gasteiger partial charge in [-0.2, -0.15) is 0 Å². The molecule has 1 fully saturated rings. The van der Waals surface area contributed by atoms with Crippen LogP contribution in [0.1, 0.15) is 51.0 Å². The van der Waals surface area contributed by atoms with Gasteiger partial charge in [-0.3, -0.25) is 18.7 Å². The summed E-state index contributed by atoms with van der Waals surface area (Å²) in [6, 6.07) is 9.28. The molecule has 1 aliphatic rings. The van der Waals surface area contributed by atoms with Crippen LogP contribution in [0, 0.1) is 11.8 Å². The van der Waals surface area contributed by atoms with Crippen LogP contribution in [0.25, 0.3) is 10.2 Å². The van der Waals surface area contributed by atoms with E-state index in [4.69, 9.17) is 11.6 Å². The van der Waals surface area contributed by atoms with Crippen molar-refractivity contribution in [3.05, 3.63) is 67.1 Å². The van der Waals surface area contributed by atoms with Gasteiger partial charge >= 0.3 is 5.69 Å². The summed E-state index contributed by atoms with van der Waals surface area (Å²) in [6.07, 6.45) is 5.33. The van der Waals surface area contributed by atoms with Crippen LogP contribution in [-0.4, -0.2) is 21.6 Å². The molecule has 2 heterocycles. The zero-order chi connectivity index (χ0) is 23.4. The molecule has 0 atom stereocenters. The van der Waals surface area contributed by atoms with Crippen LogP contribution >= 0.6 is 22.9 Å². The first-order chi connectivity index (χ1) is 16.0. The molecule has 0 aliphatic heterocycles. The smallest absolute Gasteiger partial charge is 0.331 e. The second-order valence-electron chi connectivity index (χ2n) is 8.87. The Labute approximate surface area is 202 Å². The molecule has 176 valence electrons. The molecule has 1 amide bonds. The third-order valence-corrected chi connectivity index (χ3v) is 7.87. The molecule has 2 aromatic heterocycles. The molecule has 1 aliphatic carbocycles. The number of nitrogens with zero attached hydrogens (tertiary/aromatic N) is 2. The molecule has 0 radical (unpaired) electrons. The number of hydrogen-bond acceptors (Lipinski definition) is 4. The summed E-state index contributed by atoms with van der Waals surface area (Å²) < 4.78 is 3.63. The van der Waals surface area contributed by atoms with Crippen molar-refractivity contribution in [2.24, 2.45) is 11.8 Å². The molecule has 0 spiro atoms. The highest BCUT2D eigenvalue weighted by atomic mass is 35.5. The molecule has 1 aromatic carbocycles. The Kier molecular flexibility index (Phi) is 7.71. The summed E-state index contributed by atoms with van der Waals surface area (Å²) >= 11 is 7.71. The largest absolute Gasteiger partial charge is 0.356 e. The SMILES string of the molecule is CCCCNC(=O)C1CCC(Cn2c(=O)c3sccc3n(Cc3ccccc3Cl)c2=O)CC1. The quantitative estimate of drug-likeness (QED) is 0.470. The number of carbonyl (C=O) groups is 1. The molecule has 1 N–H and O–H groups in total. The van der Waals surface area contributed by atoms with E-state index in [9.17, 15) is 14.4 Å². The average molecular weight is 488 g/mol. The molecule has 1 saturated carbocycles. The Morgan fingerprint density at radius 3 is 2.61 bits per heavy atom.